The average Bonchev–Trinajstić information content (AvgIpc) is 2.70. The standard InChI is InChI=1S/C18H16F3N3O5S/c1-2-29-13-6-3-11(4-7-13)17(26)23-22-16(25)10-30-15-8-5-12(18(19,20)21)9-14(15)24(27)28/h3-9H,2,10H2,1H3,(H,22,25)(H,23,26). The summed E-state index contributed by atoms with van der Waals surface area (Å²) in [5.41, 5.74) is 2.64. The van der Waals surface area contributed by atoms with Gasteiger partial charge in [0.25, 0.3) is 11.6 Å². The second kappa shape index (κ2) is 9.96. The Bertz CT molecular complexity index is 936. The molecule has 0 bridgehead atoms. The molecule has 30 heavy (non-hydrogen) atoms. The van der Waals surface area contributed by atoms with Gasteiger partial charge in [-0.15, -0.1) is 11.8 Å². The number of thioether (sulfide) groups is 1. The molecule has 2 N–H and O–H groups in total. The molecule has 160 valence electrons. The molecule has 2 amide bonds. The molecule has 0 unspecified atom stereocenters. The summed E-state index contributed by atoms with van der Waals surface area (Å²) >= 11 is 0.669. The second-order valence-electron chi connectivity index (χ2n) is 5.69. The molecule has 0 saturated heterocycles. The van der Waals surface area contributed by atoms with E-state index in [0.717, 1.165) is 6.07 Å². The van der Waals surface area contributed by atoms with Gasteiger partial charge in [-0.3, -0.25) is 30.6 Å². The number of carbonyl (C=O) groups is 2. The molecule has 0 saturated carbocycles. The van der Waals surface area contributed by atoms with Crippen molar-refractivity contribution < 1.29 is 32.4 Å². The Balaban J connectivity index is 1.92. The Morgan fingerprint density at radius 1 is 1.13 bits per heavy atom. The van der Waals surface area contributed by atoms with E-state index in [4.69, 9.17) is 4.74 Å². The van der Waals surface area contributed by atoms with Gasteiger partial charge in [-0.25, -0.2) is 0 Å². The van der Waals surface area contributed by atoms with Gasteiger partial charge in [-0.2, -0.15) is 13.2 Å². The maximum atomic E-state index is 12.7. The van der Waals surface area contributed by atoms with Crippen molar-refractivity contribution in [3.63, 3.8) is 0 Å². The number of amides is 2. The van der Waals surface area contributed by atoms with Crippen LogP contribution < -0.4 is 15.6 Å². The minimum atomic E-state index is -4.73. The smallest absolute Gasteiger partial charge is 0.416 e. The van der Waals surface area contributed by atoms with Crippen LogP contribution in [0.3, 0.4) is 0 Å². The summed E-state index contributed by atoms with van der Waals surface area (Å²) in [5.74, 6) is -1.09. The number of benzene rings is 2. The van der Waals surface area contributed by atoms with Gasteiger partial charge in [0.15, 0.2) is 0 Å². The van der Waals surface area contributed by atoms with Crippen molar-refractivity contribution >= 4 is 29.3 Å². The van der Waals surface area contributed by atoms with Gasteiger partial charge in [0, 0.05) is 11.6 Å². The second-order valence-corrected chi connectivity index (χ2v) is 6.70. The first-order chi connectivity index (χ1) is 14.1. The molecule has 2 rings (SSSR count). The fraction of sp³-hybridized carbons (Fsp3) is 0.222. The van der Waals surface area contributed by atoms with Crippen molar-refractivity contribution in [1.82, 2.24) is 10.9 Å². The van der Waals surface area contributed by atoms with Gasteiger partial charge in [0.1, 0.15) is 5.75 Å². The van der Waals surface area contributed by atoms with Crippen molar-refractivity contribution in [2.75, 3.05) is 12.4 Å². The molecule has 0 aromatic heterocycles. The lowest BCUT2D eigenvalue weighted by Crippen LogP contribution is -2.42. The highest BCUT2D eigenvalue weighted by molar-refractivity contribution is 8.00. The van der Waals surface area contributed by atoms with Crippen molar-refractivity contribution in [1.29, 1.82) is 0 Å². The van der Waals surface area contributed by atoms with Crippen molar-refractivity contribution in [2.45, 2.75) is 18.0 Å². The van der Waals surface area contributed by atoms with Gasteiger partial charge >= 0.3 is 6.18 Å². The third-order valence-corrected chi connectivity index (χ3v) is 4.65. The van der Waals surface area contributed by atoms with Crippen LogP contribution in [0, 0.1) is 10.1 Å². The average molecular weight is 443 g/mol. The van der Waals surface area contributed by atoms with Crippen LogP contribution in [0.1, 0.15) is 22.8 Å². The highest BCUT2D eigenvalue weighted by Gasteiger charge is 2.33. The van der Waals surface area contributed by atoms with Gasteiger partial charge < -0.3 is 4.74 Å². The number of hydrogen-bond acceptors (Lipinski definition) is 6. The number of alkyl halides is 3. The first-order valence-electron chi connectivity index (χ1n) is 8.42. The SMILES string of the molecule is CCOc1ccc(C(=O)NNC(=O)CSc2ccc(C(F)(F)F)cc2[N+](=O)[O-])cc1. The van der Waals surface area contributed by atoms with Crippen molar-refractivity contribution in [3.05, 3.63) is 63.7 Å². The van der Waals surface area contributed by atoms with E-state index in [9.17, 15) is 32.9 Å². The van der Waals surface area contributed by atoms with Crippen LogP contribution in [0.4, 0.5) is 18.9 Å². The number of ether oxygens (including phenoxy) is 1. The van der Waals surface area contributed by atoms with Crippen LogP contribution in [0.5, 0.6) is 5.75 Å². The lowest BCUT2D eigenvalue weighted by molar-refractivity contribution is -0.388. The van der Waals surface area contributed by atoms with E-state index in [1.54, 1.807) is 12.1 Å². The molecule has 12 heteroatoms. The van der Waals surface area contributed by atoms with Crippen LogP contribution >= 0.6 is 11.8 Å². The Labute approximate surface area is 172 Å². The molecule has 8 nitrogen and oxygen atoms in total. The quantitative estimate of drug-likeness (QED) is 0.385. The van der Waals surface area contributed by atoms with E-state index in [-0.39, 0.29) is 16.2 Å². The van der Waals surface area contributed by atoms with Crippen LogP contribution in [0.15, 0.2) is 47.4 Å². The number of carbonyl (C=O) groups excluding carboxylic acids is 2. The van der Waals surface area contributed by atoms with E-state index >= 15 is 0 Å². The monoisotopic (exact) mass is 443 g/mol. The van der Waals surface area contributed by atoms with E-state index in [1.807, 2.05) is 6.92 Å². The number of nitro benzene ring substituents is 1. The first-order valence-corrected chi connectivity index (χ1v) is 9.41. The summed E-state index contributed by atoms with van der Waals surface area (Å²) in [5, 5.41) is 11.0. The number of nitrogens with one attached hydrogen (secondary N) is 2. The predicted octanol–water partition coefficient (Wildman–Crippen LogP) is 3.57. The number of hydrogen-bond donors (Lipinski definition) is 2. The van der Waals surface area contributed by atoms with Crippen LogP contribution in [-0.4, -0.2) is 29.1 Å². The topological polar surface area (TPSA) is 111 Å². The summed E-state index contributed by atoms with van der Waals surface area (Å²) < 4.78 is 43.4. The molecule has 0 spiro atoms. The molecule has 2 aromatic rings. The highest BCUT2D eigenvalue weighted by atomic mass is 32.2. The third kappa shape index (κ3) is 6.37. The predicted molar refractivity (Wildman–Crippen MR) is 102 cm³/mol. The van der Waals surface area contributed by atoms with Crippen molar-refractivity contribution in [2.24, 2.45) is 0 Å². The van der Waals surface area contributed by atoms with Gasteiger partial charge in [0.05, 0.1) is 27.7 Å². The first kappa shape index (κ1) is 23.0. The number of nitrogens with zero attached hydrogens (tertiary/aromatic N) is 1. The maximum absolute atomic E-state index is 12.7. The molecule has 0 aliphatic carbocycles. The Hall–Kier alpha value is -3.28. The van der Waals surface area contributed by atoms with Gasteiger partial charge in [0.2, 0.25) is 5.91 Å². The zero-order valence-corrected chi connectivity index (χ0v) is 16.3. The van der Waals surface area contributed by atoms with Crippen molar-refractivity contribution in [3.8, 4) is 5.75 Å². The molecule has 0 aliphatic heterocycles. The van der Waals surface area contributed by atoms with E-state index in [0.29, 0.717) is 36.3 Å². The lowest BCUT2D eigenvalue weighted by atomic mass is 10.2. The molecule has 0 fully saturated rings. The minimum absolute atomic E-state index is 0.110. The molecule has 0 atom stereocenters. The van der Waals surface area contributed by atoms with E-state index in [1.165, 1.54) is 12.1 Å². The molecule has 0 aliphatic rings. The van der Waals surface area contributed by atoms with E-state index < -0.39 is 34.2 Å². The third-order valence-electron chi connectivity index (χ3n) is 3.58. The highest BCUT2D eigenvalue weighted by Crippen LogP contribution is 2.36. The summed E-state index contributed by atoms with van der Waals surface area (Å²) in [7, 11) is 0. The zero-order valence-electron chi connectivity index (χ0n) is 15.5. The lowest BCUT2D eigenvalue weighted by Gasteiger charge is -2.10. The molecule has 0 radical (unpaired) electrons. The number of nitro groups is 1. The van der Waals surface area contributed by atoms with Crippen LogP contribution in [-0.2, 0) is 11.0 Å². The molecule has 2 aromatic carbocycles. The summed E-state index contributed by atoms with van der Waals surface area (Å²) in [6.45, 7) is 2.28. The number of rotatable bonds is 7. The van der Waals surface area contributed by atoms with Crippen LogP contribution in [0.25, 0.3) is 0 Å². The summed E-state index contributed by atoms with van der Waals surface area (Å²) in [4.78, 5) is 33.9. The maximum Gasteiger partial charge on any atom is 0.416 e. The summed E-state index contributed by atoms with van der Waals surface area (Å²) in [6.07, 6.45) is -4.73. The summed E-state index contributed by atoms with van der Waals surface area (Å²) in [6, 6.07) is 8.19. The van der Waals surface area contributed by atoms with Gasteiger partial charge in [-0.1, -0.05) is 0 Å². The van der Waals surface area contributed by atoms with E-state index in [2.05, 4.69) is 10.9 Å². The number of halogens is 3. The van der Waals surface area contributed by atoms with Gasteiger partial charge in [-0.05, 0) is 43.3 Å². The van der Waals surface area contributed by atoms with Crippen LogP contribution in [0.2, 0.25) is 0 Å². The fourth-order valence-electron chi connectivity index (χ4n) is 2.21. The number of hydrazine groups is 1. The molecular formula is C18H16F3N3O5S. The normalized spacial score (nSPS) is 10.9. The molecule has 0 heterocycles. The Morgan fingerprint density at radius 3 is 2.37 bits per heavy atom. The Kier molecular flexibility index (Phi) is 7.64. The Morgan fingerprint density at radius 2 is 1.80 bits per heavy atom. The minimum Gasteiger partial charge on any atom is -0.494 e. The fourth-order valence-corrected chi connectivity index (χ4v) is 3.01. The molecular weight excluding hydrogens is 427 g/mol. The largest absolute Gasteiger partial charge is 0.494 e. The zero-order chi connectivity index (χ0) is 22.3.